The zero-order chi connectivity index (χ0) is 21.6. The number of carbonyl (C=O) groups excluding carboxylic acids is 1. The Morgan fingerprint density at radius 2 is 1.83 bits per heavy atom. The quantitative estimate of drug-likeness (QED) is 0.323. The molecule has 0 aliphatic heterocycles. The van der Waals surface area contributed by atoms with Gasteiger partial charge in [-0.1, -0.05) is 23.2 Å². The highest BCUT2D eigenvalue weighted by molar-refractivity contribution is 7.21. The van der Waals surface area contributed by atoms with E-state index in [-0.39, 0.29) is 11.3 Å². The second-order valence-corrected chi connectivity index (χ2v) is 8.28. The molecule has 0 aliphatic rings. The first kappa shape index (κ1) is 20.7. The first-order valence-electron chi connectivity index (χ1n) is 8.56. The van der Waals surface area contributed by atoms with Crippen LogP contribution in [0.3, 0.4) is 0 Å². The average molecular weight is 467 g/mol. The molecule has 30 heavy (non-hydrogen) atoms. The molecular weight excluding hydrogens is 456 g/mol. The van der Waals surface area contributed by atoms with Crippen LogP contribution in [0.2, 0.25) is 10.0 Å². The fourth-order valence-electron chi connectivity index (χ4n) is 2.94. The number of nitrogens with zero attached hydrogens (tertiary/aromatic N) is 1. The van der Waals surface area contributed by atoms with Gasteiger partial charge >= 0.3 is 0 Å². The van der Waals surface area contributed by atoms with Crippen molar-refractivity contribution >= 4 is 56.3 Å². The van der Waals surface area contributed by atoms with Gasteiger partial charge in [0.15, 0.2) is 11.6 Å². The van der Waals surface area contributed by atoms with Gasteiger partial charge in [-0.15, -0.1) is 11.3 Å². The fraction of sp³-hybridized carbons (Fsp3) is 0.0476. The molecule has 4 rings (SSSR count). The Bertz CT molecular complexity index is 1320. The van der Waals surface area contributed by atoms with Crippen LogP contribution in [-0.4, -0.2) is 10.9 Å². The number of benzene rings is 3. The second-order valence-electron chi connectivity index (χ2n) is 6.43. The van der Waals surface area contributed by atoms with Gasteiger partial charge in [0.1, 0.15) is 10.8 Å². The van der Waals surface area contributed by atoms with Crippen LogP contribution in [0.15, 0.2) is 42.5 Å². The molecule has 0 bridgehead atoms. The number of hydrogen-bond acceptors (Lipinski definition) is 3. The van der Waals surface area contributed by atoms with Crippen LogP contribution in [-0.2, 0) is 0 Å². The highest BCUT2D eigenvalue weighted by Crippen LogP contribution is 2.36. The highest BCUT2D eigenvalue weighted by Gasteiger charge is 2.20. The molecule has 0 saturated heterocycles. The number of hydrogen-bond donors (Lipinski definition) is 1. The summed E-state index contributed by atoms with van der Waals surface area (Å²) in [6, 6.07) is 9.57. The number of fused-ring (bicyclic) bond motifs is 1. The smallest absolute Gasteiger partial charge is 0.257 e. The molecule has 1 N–H and O–H groups in total. The predicted molar refractivity (Wildman–Crippen MR) is 114 cm³/mol. The van der Waals surface area contributed by atoms with Gasteiger partial charge in [-0.3, -0.25) is 4.79 Å². The van der Waals surface area contributed by atoms with Crippen LogP contribution >= 0.6 is 34.5 Å². The van der Waals surface area contributed by atoms with Crippen LogP contribution in [0.4, 0.5) is 18.9 Å². The molecular formula is C21H11Cl2F3N2OS. The molecule has 152 valence electrons. The first-order chi connectivity index (χ1) is 14.2. The van der Waals surface area contributed by atoms with E-state index in [4.69, 9.17) is 23.2 Å². The van der Waals surface area contributed by atoms with Crippen molar-refractivity contribution in [1.29, 1.82) is 0 Å². The average Bonchev–Trinajstić information content (AvgIpc) is 3.11. The van der Waals surface area contributed by atoms with E-state index in [0.29, 0.717) is 26.7 Å². The van der Waals surface area contributed by atoms with Gasteiger partial charge < -0.3 is 5.32 Å². The topological polar surface area (TPSA) is 42.0 Å². The van der Waals surface area contributed by atoms with Gasteiger partial charge in [-0.2, -0.15) is 0 Å². The summed E-state index contributed by atoms with van der Waals surface area (Å²) in [4.78, 5) is 17.1. The van der Waals surface area contributed by atoms with E-state index in [1.165, 1.54) is 17.4 Å². The Hall–Kier alpha value is -2.61. The van der Waals surface area contributed by atoms with E-state index in [9.17, 15) is 18.0 Å². The normalized spacial score (nSPS) is 11.1. The summed E-state index contributed by atoms with van der Waals surface area (Å²) in [6.07, 6.45) is 0. The first-order valence-corrected chi connectivity index (χ1v) is 10.1. The van der Waals surface area contributed by atoms with Crippen molar-refractivity contribution in [2.24, 2.45) is 0 Å². The lowest BCUT2D eigenvalue weighted by Gasteiger charge is -2.13. The molecule has 0 unspecified atom stereocenters. The third-order valence-electron chi connectivity index (χ3n) is 4.48. The lowest BCUT2D eigenvalue weighted by atomic mass is 10.1. The molecule has 3 nitrogen and oxygen atoms in total. The Kier molecular flexibility index (Phi) is 5.44. The Balaban J connectivity index is 1.74. The van der Waals surface area contributed by atoms with Gasteiger partial charge in [0.25, 0.3) is 5.91 Å². The number of carbonyl (C=O) groups is 1. The standard InChI is InChI=1S/C21H11Cl2F3N2OS/c1-9-13(21-28-16-6-10(22)2-5-17(16)30-21)7-11(24)8-15(9)27-20(29)12-3-4-14(25)19(26)18(12)23/h2-8H,1H3,(H,27,29). The van der Waals surface area contributed by atoms with Gasteiger partial charge in [0.2, 0.25) is 0 Å². The molecule has 0 saturated carbocycles. The third-order valence-corrected chi connectivity index (χ3v) is 6.15. The van der Waals surface area contributed by atoms with Crippen LogP contribution < -0.4 is 5.32 Å². The molecule has 1 heterocycles. The molecule has 4 aromatic rings. The molecule has 9 heteroatoms. The summed E-state index contributed by atoms with van der Waals surface area (Å²) in [5.41, 5.74) is 1.60. The van der Waals surface area contributed by atoms with E-state index >= 15 is 0 Å². The number of anilines is 1. The minimum absolute atomic E-state index is 0.160. The molecule has 1 amide bonds. The summed E-state index contributed by atoms with van der Waals surface area (Å²) < 4.78 is 42.2. The molecule has 0 radical (unpaired) electrons. The van der Waals surface area contributed by atoms with Crippen molar-refractivity contribution in [2.45, 2.75) is 6.92 Å². The van der Waals surface area contributed by atoms with E-state index in [1.54, 1.807) is 19.1 Å². The summed E-state index contributed by atoms with van der Waals surface area (Å²) in [5.74, 6) is -3.89. The number of nitrogens with one attached hydrogen (secondary N) is 1. The summed E-state index contributed by atoms with van der Waals surface area (Å²) in [6.45, 7) is 1.69. The number of rotatable bonds is 3. The molecule has 1 aromatic heterocycles. The van der Waals surface area contributed by atoms with E-state index < -0.39 is 28.4 Å². The zero-order valence-corrected chi connectivity index (χ0v) is 17.5. The Labute approximate surface area is 183 Å². The van der Waals surface area contributed by atoms with Crippen LogP contribution in [0.1, 0.15) is 15.9 Å². The van der Waals surface area contributed by atoms with Crippen LogP contribution in [0.25, 0.3) is 20.8 Å². The molecule has 0 atom stereocenters. The van der Waals surface area contributed by atoms with E-state index in [1.807, 2.05) is 6.07 Å². The van der Waals surface area contributed by atoms with E-state index in [2.05, 4.69) is 10.3 Å². The lowest BCUT2D eigenvalue weighted by molar-refractivity contribution is 0.102. The van der Waals surface area contributed by atoms with Crippen molar-refractivity contribution in [1.82, 2.24) is 4.98 Å². The number of amides is 1. The Morgan fingerprint density at radius 1 is 1.07 bits per heavy atom. The highest BCUT2D eigenvalue weighted by atomic mass is 35.5. The maximum Gasteiger partial charge on any atom is 0.257 e. The molecule has 3 aromatic carbocycles. The van der Waals surface area contributed by atoms with E-state index in [0.717, 1.165) is 22.9 Å². The monoisotopic (exact) mass is 466 g/mol. The van der Waals surface area contributed by atoms with Gasteiger partial charge in [0, 0.05) is 16.3 Å². The molecule has 0 fully saturated rings. The number of aromatic nitrogens is 1. The maximum absolute atomic E-state index is 14.3. The minimum Gasteiger partial charge on any atom is -0.322 e. The Morgan fingerprint density at radius 3 is 2.60 bits per heavy atom. The number of thiazole rings is 1. The lowest BCUT2D eigenvalue weighted by Crippen LogP contribution is -2.14. The van der Waals surface area contributed by atoms with Crippen molar-refractivity contribution in [2.75, 3.05) is 5.32 Å². The summed E-state index contributed by atoms with van der Waals surface area (Å²) >= 11 is 13.1. The third kappa shape index (κ3) is 3.76. The van der Waals surface area contributed by atoms with Gasteiger partial charge in [-0.25, -0.2) is 18.2 Å². The van der Waals surface area contributed by atoms with Crippen molar-refractivity contribution in [3.63, 3.8) is 0 Å². The van der Waals surface area contributed by atoms with Crippen molar-refractivity contribution < 1.29 is 18.0 Å². The van der Waals surface area contributed by atoms with Gasteiger partial charge in [0.05, 0.1) is 20.8 Å². The maximum atomic E-state index is 14.3. The minimum atomic E-state index is -1.32. The van der Waals surface area contributed by atoms with Crippen LogP contribution in [0, 0.1) is 24.4 Å². The van der Waals surface area contributed by atoms with Crippen molar-refractivity contribution in [3.05, 3.63) is 81.1 Å². The number of halogens is 5. The second kappa shape index (κ2) is 7.91. The van der Waals surface area contributed by atoms with Gasteiger partial charge in [-0.05, 0) is 55.0 Å². The fourth-order valence-corrected chi connectivity index (χ4v) is 4.36. The molecule has 0 aliphatic carbocycles. The van der Waals surface area contributed by atoms with Crippen LogP contribution in [0.5, 0.6) is 0 Å². The van der Waals surface area contributed by atoms with Crippen molar-refractivity contribution in [3.8, 4) is 10.6 Å². The predicted octanol–water partition coefficient (Wildman–Crippen LogP) is 7.25. The summed E-state index contributed by atoms with van der Waals surface area (Å²) in [7, 11) is 0. The summed E-state index contributed by atoms with van der Waals surface area (Å²) in [5, 5.41) is 2.94. The SMILES string of the molecule is Cc1c(NC(=O)c2ccc(F)c(F)c2Cl)cc(F)cc1-c1nc2cc(Cl)ccc2s1. The molecule has 0 spiro atoms. The zero-order valence-electron chi connectivity index (χ0n) is 15.2. The largest absolute Gasteiger partial charge is 0.322 e.